The number of ether oxygens (including phenoxy) is 6. The number of esters is 1. The predicted molar refractivity (Wildman–Crippen MR) is 138 cm³/mol. The molecule has 230 valence electrons. The third-order valence-electron chi connectivity index (χ3n) is 12.2. The molecule has 15 atom stereocenters. The second-order valence-electron chi connectivity index (χ2n) is 14.1. The number of carbonyl (C=O) groups is 2. The molecule has 6 fully saturated rings. The molecule has 0 amide bonds. The van der Waals surface area contributed by atoms with Crippen LogP contribution in [0, 0.1) is 22.7 Å². The van der Waals surface area contributed by atoms with Gasteiger partial charge in [-0.1, -0.05) is 18.6 Å². The molecule has 0 aromatic rings. The monoisotopic (exact) mass is 590 g/mol. The Kier molecular flexibility index (Phi) is 5.48. The van der Waals surface area contributed by atoms with Crippen LogP contribution < -0.4 is 0 Å². The third kappa shape index (κ3) is 2.99. The molecule has 1 spiro atoms. The topological polar surface area (TPSA) is 174 Å². The summed E-state index contributed by atoms with van der Waals surface area (Å²) >= 11 is 0. The molecule has 0 aromatic heterocycles. The minimum absolute atomic E-state index is 0.0871. The Morgan fingerprint density at radius 1 is 1.07 bits per heavy atom. The summed E-state index contributed by atoms with van der Waals surface area (Å²) in [5, 5.41) is 47.5. The summed E-state index contributed by atoms with van der Waals surface area (Å²) < 4.78 is 35.6. The zero-order valence-corrected chi connectivity index (χ0v) is 24.0. The lowest BCUT2D eigenvalue weighted by Gasteiger charge is -2.62. The summed E-state index contributed by atoms with van der Waals surface area (Å²) in [7, 11) is 1.50. The fourth-order valence-corrected chi connectivity index (χ4v) is 10.3. The van der Waals surface area contributed by atoms with Gasteiger partial charge in [0.1, 0.15) is 36.1 Å². The first kappa shape index (κ1) is 27.8. The number of carbonyl (C=O) groups excluding carboxylic acids is 2. The molecule has 12 heteroatoms. The molecule has 0 aromatic carbocycles. The smallest absolute Gasteiger partial charge is 0.331 e. The number of epoxide rings is 1. The van der Waals surface area contributed by atoms with Crippen molar-refractivity contribution in [3.05, 3.63) is 23.3 Å². The number of methoxy groups -OCH3 is 1. The third-order valence-corrected chi connectivity index (χ3v) is 12.2. The molecule has 4 aliphatic heterocycles. The van der Waals surface area contributed by atoms with Crippen LogP contribution in [-0.4, -0.2) is 112 Å². The molecule has 42 heavy (non-hydrogen) atoms. The van der Waals surface area contributed by atoms with Gasteiger partial charge in [-0.15, -0.1) is 0 Å². The van der Waals surface area contributed by atoms with E-state index in [1.807, 2.05) is 19.9 Å². The van der Waals surface area contributed by atoms with Crippen LogP contribution in [0.15, 0.2) is 23.3 Å². The van der Waals surface area contributed by atoms with Gasteiger partial charge in [-0.25, -0.2) is 4.79 Å². The Morgan fingerprint density at radius 2 is 1.83 bits per heavy atom. The molecule has 4 N–H and O–H groups in total. The molecular weight excluding hydrogens is 552 g/mol. The van der Waals surface area contributed by atoms with Crippen LogP contribution in [0.2, 0.25) is 0 Å². The SMILES string of the molecule is CO[C@@H]1C[C@@H](C)O[C@H]2O[C@@H]3C=C4C[C@@H]5O[C@]56[C@H]([C@H](O)C(=O)[C@]5(C)[C@@H](C7=CC(=O)OC7)[C@@H](O)C[C@]65O)[C@@]4(C)C[C@H]3O[C@]21O. The summed E-state index contributed by atoms with van der Waals surface area (Å²) in [4.78, 5) is 26.2. The Morgan fingerprint density at radius 3 is 2.52 bits per heavy atom. The van der Waals surface area contributed by atoms with Gasteiger partial charge in [0.2, 0.25) is 12.1 Å². The predicted octanol–water partition coefficient (Wildman–Crippen LogP) is -0.352. The maximum atomic E-state index is 14.3. The van der Waals surface area contributed by atoms with Gasteiger partial charge in [0, 0.05) is 37.9 Å². The zero-order chi connectivity index (χ0) is 29.8. The highest BCUT2D eigenvalue weighted by molar-refractivity contribution is 5.94. The maximum absolute atomic E-state index is 14.3. The van der Waals surface area contributed by atoms with Crippen molar-refractivity contribution in [3.8, 4) is 0 Å². The zero-order valence-electron chi connectivity index (χ0n) is 24.0. The van der Waals surface area contributed by atoms with Crippen molar-refractivity contribution < 1.29 is 58.4 Å². The molecule has 8 rings (SSSR count). The van der Waals surface area contributed by atoms with E-state index in [-0.39, 0.29) is 25.6 Å². The minimum Gasteiger partial charge on any atom is -0.458 e. The summed E-state index contributed by atoms with van der Waals surface area (Å²) in [6.07, 6.45) is -2.25. The van der Waals surface area contributed by atoms with Crippen LogP contribution in [0.1, 0.15) is 46.5 Å². The Labute approximate surface area is 242 Å². The molecular formula is C30H38O12. The Hall–Kier alpha value is -1.74. The number of Topliss-reactive ketones (excluding diaryl/α,β-unsaturated/α-hetero) is 1. The van der Waals surface area contributed by atoms with Crippen LogP contribution in [0.3, 0.4) is 0 Å². The number of hydrogen-bond acceptors (Lipinski definition) is 12. The molecule has 12 nitrogen and oxygen atoms in total. The van der Waals surface area contributed by atoms with Crippen LogP contribution in [0.5, 0.6) is 0 Å². The Balaban J connectivity index is 1.19. The maximum Gasteiger partial charge on any atom is 0.331 e. The van der Waals surface area contributed by atoms with Gasteiger partial charge >= 0.3 is 5.97 Å². The lowest BCUT2D eigenvalue weighted by molar-refractivity contribution is -0.450. The second kappa shape index (κ2) is 8.29. The second-order valence-corrected chi connectivity index (χ2v) is 14.1. The summed E-state index contributed by atoms with van der Waals surface area (Å²) in [6.45, 7) is 5.29. The highest BCUT2D eigenvalue weighted by Crippen LogP contribution is 2.76. The first-order chi connectivity index (χ1) is 19.7. The average Bonchev–Trinajstić information content (AvgIpc) is 3.41. The normalized spacial score (nSPS) is 59.2. The van der Waals surface area contributed by atoms with E-state index in [2.05, 4.69) is 0 Å². The van der Waals surface area contributed by atoms with Crippen molar-refractivity contribution in [1.82, 2.24) is 0 Å². The molecule has 4 heterocycles. The van der Waals surface area contributed by atoms with Crippen molar-refractivity contribution in [2.75, 3.05) is 13.7 Å². The highest BCUT2D eigenvalue weighted by Gasteiger charge is 2.89. The Bertz CT molecular complexity index is 1330. The van der Waals surface area contributed by atoms with Gasteiger partial charge < -0.3 is 48.8 Å². The summed E-state index contributed by atoms with van der Waals surface area (Å²) in [5.41, 5.74) is -4.31. The number of cyclic esters (lactones) is 1. The lowest BCUT2D eigenvalue weighted by Crippen LogP contribution is -2.75. The van der Waals surface area contributed by atoms with Crippen molar-refractivity contribution in [2.24, 2.45) is 22.7 Å². The molecule has 3 saturated heterocycles. The number of rotatable bonds is 2. The van der Waals surface area contributed by atoms with E-state index in [1.54, 1.807) is 6.92 Å². The summed E-state index contributed by atoms with van der Waals surface area (Å²) in [6, 6.07) is 0. The van der Waals surface area contributed by atoms with Gasteiger partial charge in [-0.05, 0) is 37.7 Å². The van der Waals surface area contributed by atoms with E-state index in [9.17, 15) is 30.0 Å². The van der Waals surface area contributed by atoms with Crippen molar-refractivity contribution in [2.45, 2.75) is 112 Å². The van der Waals surface area contributed by atoms with Crippen molar-refractivity contribution in [3.63, 3.8) is 0 Å². The molecule has 8 aliphatic rings. The number of aliphatic hydroxyl groups is 4. The number of hydrogen-bond donors (Lipinski definition) is 4. The van der Waals surface area contributed by atoms with Crippen LogP contribution in [0.4, 0.5) is 0 Å². The molecule has 0 unspecified atom stereocenters. The first-order valence-corrected chi connectivity index (χ1v) is 14.9. The fraction of sp³-hybridized carbons (Fsp3) is 0.800. The van der Waals surface area contributed by atoms with Gasteiger partial charge in [0.15, 0.2) is 5.78 Å². The lowest BCUT2D eigenvalue weighted by atomic mass is 9.43. The average molecular weight is 591 g/mol. The molecule has 3 saturated carbocycles. The van der Waals surface area contributed by atoms with Crippen LogP contribution >= 0.6 is 0 Å². The van der Waals surface area contributed by atoms with Crippen LogP contribution in [-0.2, 0) is 38.0 Å². The van der Waals surface area contributed by atoms with Crippen molar-refractivity contribution in [1.29, 1.82) is 0 Å². The van der Waals surface area contributed by atoms with Gasteiger partial charge in [0.05, 0.1) is 29.8 Å². The van der Waals surface area contributed by atoms with E-state index in [4.69, 9.17) is 28.4 Å². The fourth-order valence-electron chi connectivity index (χ4n) is 10.3. The largest absolute Gasteiger partial charge is 0.458 e. The van der Waals surface area contributed by atoms with Gasteiger partial charge in [-0.3, -0.25) is 4.79 Å². The van der Waals surface area contributed by atoms with Gasteiger partial charge in [0.25, 0.3) is 0 Å². The molecule has 4 aliphatic carbocycles. The number of ketones is 1. The van der Waals surface area contributed by atoms with Crippen LogP contribution in [0.25, 0.3) is 0 Å². The van der Waals surface area contributed by atoms with Crippen molar-refractivity contribution >= 4 is 11.8 Å². The number of fused-ring (bicyclic) bond motifs is 5. The molecule has 0 bridgehead atoms. The van der Waals surface area contributed by atoms with E-state index in [0.29, 0.717) is 18.4 Å². The van der Waals surface area contributed by atoms with E-state index < -0.39 is 94.3 Å². The van der Waals surface area contributed by atoms with E-state index in [0.717, 1.165) is 5.57 Å². The van der Waals surface area contributed by atoms with E-state index >= 15 is 0 Å². The standard InChI is InChI=1S/C30H38O12/c1-12-5-19(37-4)30(36)25(39-12)40-16-7-14-8-18-29(42-18)23(26(14,2)10-17(16)41-30)22(33)24(34)27(3)21(13-6-20(32)38-11-13)15(31)9-28(27,29)35/h6-7,12,15-19,21-23,25,31,33,35-36H,5,8-11H2,1-4H3/t12-,15+,16-,17-,18+,19-,21+,22+,23-,25+,26+,27+,28-,29+,30+/m1/s1. The minimum atomic E-state index is -1.86. The molecule has 0 radical (unpaired) electrons. The highest BCUT2D eigenvalue weighted by atomic mass is 16.8. The number of aliphatic hydroxyl groups excluding tert-OH is 2. The summed E-state index contributed by atoms with van der Waals surface area (Å²) in [5.74, 6) is -4.81. The first-order valence-electron chi connectivity index (χ1n) is 14.9. The quantitative estimate of drug-likeness (QED) is 0.187. The van der Waals surface area contributed by atoms with Gasteiger partial charge in [-0.2, -0.15) is 0 Å². The van der Waals surface area contributed by atoms with E-state index in [1.165, 1.54) is 13.2 Å².